The van der Waals surface area contributed by atoms with Crippen molar-refractivity contribution in [2.75, 3.05) is 19.1 Å². The van der Waals surface area contributed by atoms with Crippen molar-refractivity contribution in [3.05, 3.63) is 89.6 Å². The molecule has 0 unspecified atom stereocenters. The first-order valence-corrected chi connectivity index (χ1v) is 12.4. The van der Waals surface area contributed by atoms with E-state index in [0.717, 1.165) is 0 Å². The van der Waals surface area contributed by atoms with Crippen molar-refractivity contribution in [1.82, 2.24) is 9.97 Å². The summed E-state index contributed by atoms with van der Waals surface area (Å²) in [5.41, 5.74) is 1.42. The third-order valence-corrected chi connectivity index (χ3v) is 6.50. The summed E-state index contributed by atoms with van der Waals surface area (Å²) < 4.78 is 44.7. The molecule has 1 aliphatic rings. The van der Waals surface area contributed by atoms with Crippen LogP contribution in [0, 0.1) is 11.6 Å². The first-order valence-electron chi connectivity index (χ1n) is 12.0. The number of ketones is 1. The number of hydrogen-bond donors (Lipinski definition) is 0. The SMILES string of the molecule is COc1cc2nccc(Oc3ccc(CC(=O)C4=CCC(=S)N(c5ccc(F)cc5)C4=O)cc3F)c2nc1OC. The molecule has 0 aliphatic carbocycles. The van der Waals surface area contributed by atoms with Crippen LogP contribution in [0.25, 0.3) is 11.0 Å². The molecule has 0 N–H and O–H groups in total. The Labute approximate surface area is 232 Å². The number of Topliss-reactive ketones (excluding diaryl/α,β-unsaturated/α-hetero) is 1. The molecule has 3 heterocycles. The minimum absolute atomic E-state index is 0.0719. The number of methoxy groups -OCH3 is 2. The van der Waals surface area contributed by atoms with Crippen LogP contribution >= 0.6 is 12.2 Å². The van der Waals surface area contributed by atoms with Crippen molar-refractivity contribution < 1.29 is 32.6 Å². The van der Waals surface area contributed by atoms with Crippen molar-refractivity contribution in [2.45, 2.75) is 12.8 Å². The molecule has 1 amide bonds. The summed E-state index contributed by atoms with van der Waals surface area (Å²) in [7, 11) is 2.92. The molecule has 40 heavy (non-hydrogen) atoms. The van der Waals surface area contributed by atoms with Crippen molar-refractivity contribution in [3.63, 3.8) is 0 Å². The second kappa shape index (κ2) is 11.1. The quantitative estimate of drug-likeness (QED) is 0.205. The predicted octanol–water partition coefficient (Wildman–Crippen LogP) is 5.52. The van der Waals surface area contributed by atoms with Gasteiger partial charge in [0.15, 0.2) is 28.8 Å². The van der Waals surface area contributed by atoms with E-state index in [-0.39, 0.29) is 40.8 Å². The van der Waals surface area contributed by atoms with Gasteiger partial charge >= 0.3 is 0 Å². The third-order valence-electron chi connectivity index (χ3n) is 6.15. The third kappa shape index (κ3) is 5.23. The summed E-state index contributed by atoms with van der Waals surface area (Å²) in [6.07, 6.45) is 2.92. The van der Waals surface area contributed by atoms with Gasteiger partial charge in [0.25, 0.3) is 11.8 Å². The predicted molar refractivity (Wildman–Crippen MR) is 147 cm³/mol. The highest BCUT2D eigenvalue weighted by molar-refractivity contribution is 7.80. The van der Waals surface area contributed by atoms with Gasteiger partial charge in [-0.05, 0) is 42.0 Å². The van der Waals surface area contributed by atoms with Gasteiger partial charge in [0, 0.05) is 36.9 Å². The van der Waals surface area contributed by atoms with Crippen LogP contribution < -0.4 is 19.1 Å². The van der Waals surface area contributed by atoms with Gasteiger partial charge in [-0.15, -0.1) is 0 Å². The number of ether oxygens (including phenoxy) is 3. The number of hydrogen-bond acceptors (Lipinski definition) is 8. The summed E-state index contributed by atoms with van der Waals surface area (Å²) in [5.74, 6) is -1.55. The molecule has 5 rings (SSSR count). The molecule has 2 aromatic heterocycles. The maximum Gasteiger partial charge on any atom is 0.266 e. The van der Waals surface area contributed by atoms with E-state index in [2.05, 4.69) is 9.97 Å². The number of rotatable bonds is 8. The van der Waals surface area contributed by atoms with E-state index in [9.17, 15) is 14.0 Å². The fraction of sp³-hybridized carbons (Fsp3) is 0.138. The molecule has 0 radical (unpaired) electrons. The molecule has 0 bridgehead atoms. The van der Waals surface area contributed by atoms with Gasteiger partial charge in [-0.1, -0.05) is 24.4 Å². The number of carbonyl (C=O) groups is 2. The van der Waals surface area contributed by atoms with Crippen LogP contribution in [0.1, 0.15) is 12.0 Å². The summed E-state index contributed by atoms with van der Waals surface area (Å²) in [4.78, 5) is 36.3. The lowest BCUT2D eigenvalue weighted by atomic mass is 9.98. The Morgan fingerprint density at radius 1 is 1.00 bits per heavy atom. The van der Waals surface area contributed by atoms with Gasteiger partial charge in [-0.2, -0.15) is 0 Å². The van der Waals surface area contributed by atoms with Gasteiger partial charge in [-0.3, -0.25) is 19.5 Å². The van der Waals surface area contributed by atoms with Crippen molar-refractivity contribution in [1.29, 1.82) is 0 Å². The van der Waals surface area contributed by atoms with E-state index in [0.29, 0.717) is 28.0 Å². The number of amides is 1. The van der Waals surface area contributed by atoms with E-state index in [1.165, 1.54) is 79.9 Å². The molecule has 0 saturated carbocycles. The highest BCUT2D eigenvalue weighted by Crippen LogP contribution is 2.35. The summed E-state index contributed by atoms with van der Waals surface area (Å²) in [5, 5.41) is 0. The molecule has 0 spiro atoms. The fourth-order valence-electron chi connectivity index (χ4n) is 4.21. The van der Waals surface area contributed by atoms with Gasteiger partial charge in [-0.25, -0.2) is 13.8 Å². The Kier molecular flexibility index (Phi) is 7.47. The lowest BCUT2D eigenvalue weighted by Gasteiger charge is -2.27. The second-order valence-electron chi connectivity index (χ2n) is 8.68. The van der Waals surface area contributed by atoms with Gasteiger partial charge in [0.2, 0.25) is 0 Å². The second-order valence-corrected chi connectivity index (χ2v) is 9.15. The zero-order chi connectivity index (χ0) is 28.4. The first-order chi connectivity index (χ1) is 19.3. The molecule has 0 atom stereocenters. The van der Waals surface area contributed by atoms with E-state index in [4.69, 9.17) is 26.4 Å². The molecule has 2 aromatic carbocycles. The van der Waals surface area contributed by atoms with Crippen LogP contribution in [-0.2, 0) is 16.0 Å². The van der Waals surface area contributed by atoms with Crippen LogP contribution in [0.3, 0.4) is 0 Å². The number of aromatic nitrogens is 2. The van der Waals surface area contributed by atoms with E-state index < -0.39 is 23.3 Å². The van der Waals surface area contributed by atoms with Crippen molar-refractivity contribution in [2.24, 2.45) is 0 Å². The number of nitrogens with zero attached hydrogens (tertiary/aromatic N) is 3. The van der Waals surface area contributed by atoms with Crippen LogP contribution in [0.2, 0.25) is 0 Å². The molecular weight excluding hydrogens is 540 g/mol. The average molecular weight is 562 g/mol. The molecule has 8 nitrogen and oxygen atoms in total. The number of carbonyl (C=O) groups excluding carboxylic acids is 2. The standard InChI is InChI=1S/C29H21F2N3O5S/c1-37-25-15-21-27(33-28(25)38-2)24(11-12-32-21)39-23-9-3-16(13-20(23)31)14-22(35)19-8-10-26(40)34(29(19)36)18-6-4-17(30)5-7-18/h3-9,11-13,15H,10,14H2,1-2H3. The van der Waals surface area contributed by atoms with E-state index >= 15 is 4.39 Å². The number of halogens is 2. The molecule has 0 fully saturated rings. The van der Waals surface area contributed by atoms with Gasteiger partial charge in [0.1, 0.15) is 11.3 Å². The number of benzene rings is 2. The molecule has 202 valence electrons. The Morgan fingerprint density at radius 3 is 2.48 bits per heavy atom. The zero-order valence-electron chi connectivity index (χ0n) is 21.3. The summed E-state index contributed by atoms with van der Waals surface area (Å²) in [6, 6.07) is 12.5. The smallest absolute Gasteiger partial charge is 0.266 e. The highest BCUT2D eigenvalue weighted by Gasteiger charge is 2.31. The van der Waals surface area contributed by atoms with Crippen molar-refractivity contribution >= 4 is 45.6 Å². The van der Waals surface area contributed by atoms with Crippen molar-refractivity contribution in [3.8, 4) is 23.1 Å². The molecule has 1 aliphatic heterocycles. The number of pyridine rings is 2. The Hall–Kier alpha value is -4.77. The number of anilines is 1. The molecular formula is C29H21F2N3O5S. The van der Waals surface area contributed by atoms with E-state index in [1.807, 2.05) is 0 Å². The topological polar surface area (TPSA) is 90.9 Å². The van der Waals surface area contributed by atoms with Gasteiger partial charge in [0.05, 0.1) is 30.3 Å². The molecule has 11 heteroatoms. The van der Waals surface area contributed by atoms with E-state index in [1.54, 1.807) is 6.07 Å². The zero-order valence-corrected chi connectivity index (χ0v) is 22.1. The minimum atomic E-state index is -0.714. The largest absolute Gasteiger partial charge is 0.491 e. The monoisotopic (exact) mass is 561 g/mol. The Bertz CT molecular complexity index is 1690. The Morgan fingerprint density at radius 2 is 1.77 bits per heavy atom. The highest BCUT2D eigenvalue weighted by atomic mass is 32.1. The lowest BCUT2D eigenvalue weighted by molar-refractivity contribution is -0.120. The van der Waals surface area contributed by atoms with Crippen LogP contribution in [0.15, 0.2) is 72.4 Å². The number of fused-ring (bicyclic) bond motifs is 1. The van der Waals surface area contributed by atoms with Crippen LogP contribution in [-0.4, -0.2) is 40.9 Å². The molecule has 4 aromatic rings. The summed E-state index contributed by atoms with van der Waals surface area (Å²) >= 11 is 5.30. The van der Waals surface area contributed by atoms with Crippen LogP contribution in [0.4, 0.5) is 14.5 Å². The lowest BCUT2D eigenvalue weighted by Crippen LogP contribution is -2.41. The fourth-order valence-corrected chi connectivity index (χ4v) is 4.48. The number of thiocarbonyl (C=S) groups is 1. The summed E-state index contributed by atoms with van der Waals surface area (Å²) in [6.45, 7) is 0. The maximum absolute atomic E-state index is 15.1. The average Bonchev–Trinajstić information content (AvgIpc) is 2.94. The maximum atomic E-state index is 15.1. The minimum Gasteiger partial charge on any atom is -0.491 e. The normalized spacial score (nSPS) is 13.3. The first kappa shape index (κ1) is 26.8. The van der Waals surface area contributed by atoms with Gasteiger partial charge < -0.3 is 14.2 Å². The van der Waals surface area contributed by atoms with Crippen LogP contribution in [0.5, 0.6) is 23.1 Å². The molecule has 0 saturated heterocycles. The Balaban J connectivity index is 1.34.